The average Bonchev–Trinajstić information content (AvgIpc) is 3.08. The molecule has 2 aromatic carbocycles. The van der Waals surface area contributed by atoms with Crippen LogP contribution in [0.1, 0.15) is 12.0 Å². The Morgan fingerprint density at radius 1 is 1.34 bits per heavy atom. The Hall–Kier alpha value is -2.14. The number of thiazole rings is 1. The third-order valence-corrected chi connectivity index (χ3v) is 7.18. The van der Waals surface area contributed by atoms with Crippen LogP contribution in [-0.2, 0) is 15.6 Å². The van der Waals surface area contributed by atoms with Gasteiger partial charge >= 0.3 is 0 Å². The number of benzene rings is 2. The zero-order chi connectivity index (χ0) is 21.2. The number of carbonyl (C=O) groups excluding carboxylic acids is 1. The lowest BCUT2D eigenvalue weighted by Crippen LogP contribution is -2.14. The van der Waals surface area contributed by atoms with Crippen molar-refractivity contribution < 1.29 is 17.8 Å². The van der Waals surface area contributed by atoms with Crippen LogP contribution in [0.15, 0.2) is 29.3 Å². The fourth-order valence-electron chi connectivity index (χ4n) is 3.65. The molecule has 0 radical (unpaired) electrons. The van der Waals surface area contributed by atoms with Gasteiger partial charge in [0.05, 0.1) is 38.6 Å². The Balaban J connectivity index is 0.00000144. The fourth-order valence-corrected chi connectivity index (χ4v) is 5.41. The van der Waals surface area contributed by atoms with E-state index in [0.717, 1.165) is 10.3 Å². The molecule has 0 saturated heterocycles. The number of anilines is 1. The van der Waals surface area contributed by atoms with Crippen LogP contribution in [0.3, 0.4) is 0 Å². The highest BCUT2D eigenvalue weighted by Gasteiger charge is 2.43. The van der Waals surface area contributed by atoms with Crippen LogP contribution >= 0.6 is 36.2 Å². The minimum atomic E-state index is -1.52. The summed E-state index contributed by atoms with van der Waals surface area (Å²) in [5.74, 6) is -1.47. The molecule has 3 atom stereocenters. The zero-order valence-electron chi connectivity index (χ0n) is 16.8. The van der Waals surface area contributed by atoms with Gasteiger partial charge in [-0.15, -0.1) is 24.8 Å². The molecule has 32 heavy (non-hydrogen) atoms. The van der Waals surface area contributed by atoms with Crippen molar-refractivity contribution in [3.63, 3.8) is 0 Å². The van der Waals surface area contributed by atoms with Crippen molar-refractivity contribution >= 4 is 79.1 Å². The second kappa shape index (κ2) is 9.01. The van der Waals surface area contributed by atoms with Gasteiger partial charge in [-0.25, -0.2) is 13.8 Å². The molecule has 0 spiro atoms. The van der Waals surface area contributed by atoms with Crippen LogP contribution in [0, 0.1) is 18.7 Å². The SMILES string of the molecule is Cc1c(F)c(S(C)=O)c2[nH]ncc2c1-c1ccc2nc(NC(=O)[C@@H]3C[C@@H]3F)sc2c1.Cl.Cl. The number of nitrogens with zero attached hydrogens (tertiary/aromatic N) is 2. The summed E-state index contributed by atoms with van der Waals surface area (Å²) in [5.41, 5.74) is 2.89. The summed E-state index contributed by atoms with van der Waals surface area (Å²) in [6, 6.07) is 5.48. The van der Waals surface area contributed by atoms with Crippen molar-refractivity contribution in [2.24, 2.45) is 5.92 Å². The summed E-state index contributed by atoms with van der Waals surface area (Å²) >= 11 is 1.28. The predicted molar refractivity (Wildman–Crippen MR) is 128 cm³/mol. The maximum Gasteiger partial charge on any atom is 0.232 e. The van der Waals surface area contributed by atoms with Crippen LogP contribution in [0.4, 0.5) is 13.9 Å². The van der Waals surface area contributed by atoms with Crippen molar-refractivity contribution in [1.82, 2.24) is 15.2 Å². The monoisotopic (exact) mass is 518 g/mol. The molecule has 4 aromatic rings. The second-order valence-electron chi connectivity index (χ2n) is 7.30. The van der Waals surface area contributed by atoms with Crippen LogP contribution in [0.25, 0.3) is 32.2 Å². The normalized spacial score (nSPS) is 18.1. The van der Waals surface area contributed by atoms with Crippen LogP contribution in [-0.4, -0.2) is 37.7 Å². The number of aromatic amines is 1. The number of hydrogen-bond acceptors (Lipinski definition) is 5. The van der Waals surface area contributed by atoms with Crippen molar-refractivity contribution in [2.75, 3.05) is 11.6 Å². The van der Waals surface area contributed by atoms with E-state index in [-0.39, 0.29) is 42.0 Å². The van der Waals surface area contributed by atoms with Gasteiger partial charge in [0, 0.05) is 11.6 Å². The Kier molecular flexibility index (Phi) is 6.90. The molecule has 1 amide bonds. The van der Waals surface area contributed by atoms with E-state index >= 15 is 4.39 Å². The van der Waals surface area contributed by atoms with Gasteiger partial charge in [-0.3, -0.25) is 14.1 Å². The van der Waals surface area contributed by atoms with Gasteiger partial charge in [-0.05, 0) is 42.2 Å². The first-order valence-electron chi connectivity index (χ1n) is 9.19. The van der Waals surface area contributed by atoms with Gasteiger partial charge in [-0.1, -0.05) is 17.4 Å². The summed E-state index contributed by atoms with van der Waals surface area (Å²) in [7, 11) is -1.52. The van der Waals surface area contributed by atoms with Crippen molar-refractivity contribution in [3.05, 3.63) is 35.8 Å². The number of rotatable bonds is 4. The Morgan fingerprint density at radius 3 is 2.72 bits per heavy atom. The minimum absolute atomic E-state index is 0. The lowest BCUT2D eigenvalue weighted by atomic mass is 9.96. The number of alkyl halides is 1. The maximum absolute atomic E-state index is 15.1. The summed E-state index contributed by atoms with van der Waals surface area (Å²) in [6.45, 7) is 1.65. The number of amides is 1. The molecule has 5 rings (SSSR count). The number of carbonyl (C=O) groups is 1. The van der Waals surface area contributed by atoms with E-state index in [4.69, 9.17) is 0 Å². The van der Waals surface area contributed by atoms with Crippen LogP contribution < -0.4 is 5.32 Å². The van der Waals surface area contributed by atoms with Gasteiger partial charge in [0.1, 0.15) is 16.9 Å². The average molecular weight is 519 g/mol. The summed E-state index contributed by atoms with van der Waals surface area (Å²) in [4.78, 5) is 16.5. The van der Waals surface area contributed by atoms with Gasteiger partial charge in [0.15, 0.2) is 5.13 Å². The molecule has 2 heterocycles. The third-order valence-electron chi connectivity index (χ3n) is 5.28. The highest BCUT2D eigenvalue weighted by atomic mass is 35.5. The van der Waals surface area contributed by atoms with E-state index in [2.05, 4.69) is 20.5 Å². The molecule has 2 N–H and O–H groups in total. The van der Waals surface area contributed by atoms with E-state index in [0.29, 0.717) is 32.7 Å². The van der Waals surface area contributed by atoms with Crippen molar-refractivity contribution in [3.8, 4) is 11.1 Å². The van der Waals surface area contributed by atoms with Crippen molar-refractivity contribution in [1.29, 1.82) is 0 Å². The number of hydrogen-bond donors (Lipinski definition) is 2. The van der Waals surface area contributed by atoms with E-state index in [1.807, 2.05) is 12.1 Å². The topological polar surface area (TPSA) is 87.7 Å². The van der Waals surface area contributed by atoms with E-state index in [1.54, 1.807) is 19.2 Å². The first-order chi connectivity index (χ1) is 14.3. The molecule has 1 aliphatic carbocycles. The first-order valence-corrected chi connectivity index (χ1v) is 11.6. The number of aromatic nitrogens is 3. The minimum Gasteiger partial charge on any atom is -0.302 e. The van der Waals surface area contributed by atoms with E-state index in [1.165, 1.54) is 17.6 Å². The molecule has 6 nitrogen and oxygen atoms in total. The first kappa shape index (κ1) is 24.5. The van der Waals surface area contributed by atoms with Crippen molar-refractivity contribution in [2.45, 2.75) is 24.4 Å². The Bertz CT molecular complexity index is 1370. The molecule has 12 heteroatoms. The lowest BCUT2D eigenvalue weighted by Gasteiger charge is -2.12. The summed E-state index contributed by atoms with van der Waals surface area (Å²) in [6.07, 6.45) is 2.22. The smallest absolute Gasteiger partial charge is 0.232 e. The Labute approximate surface area is 200 Å². The highest BCUT2D eigenvalue weighted by Crippen LogP contribution is 2.39. The highest BCUT2D eigenvalue weighted by molar-refractivity contribution is 7.84. The standard InChI is InChI=1S/C20H16F2N4O2S2.2ClH/c1-8-15(11-7-23-26-17(11)18(16(8)22)30(2)28)9-3-4-13-14(5-9)29-20(24-13)25-19(27)10-6-12(10)21;;/h3-5,7,10,12H,6H2,1-2H3,(H,23,26)(H,24,25,27);2*1H/t10-,12+,30?;;/m1../s1. The molecular weight excluding hydrogens is 501 g/mol. The van der Waals surface area contributed by atoms with E-state index < -0.39 is 28.7 Å². The molecule has 0 aliphatic heterocycles. The molecule has 170 valence electrons. The number of nitrogens with one attached hydrogen (secondary N) is 2. The maximum atomic E-state index is 15.1. The predicted octanol–water partition coefficient (Wildman–Crippen LogP) is 5.16. The number of H-pyrrole nitrogens is 1. The number of fused-ring (bicyclic) bond motifs is 2. The van der Waals surface area contributed by atoms with Gasteiger partial charge < -0.3 is 5.32 Å². The Morgan fingerprint density at radius 2 is 2.06 bits per heavy atom. The molecule has 1 saturated carbocycles. The molecule has 1 fully saturated rings. The zero-order valence-corrected chi connectivity index (χ0v) is 20.0. The van der Waals surface area contributed by atoms with E-state index in [9.17, 15) is 13.4 Å². The molecule has 2 aromatic heterocycles. The van der Waals surface area contributed by atoms with Gasteiger partial charge in [0.25, 0.3) is 0 Å². The molecular formula is C20H18Cl2F2N4O2S2. The second-order valence-corrected chi connectivity index (χ2v) is 9.65. The lowest BCUT2D eigenvalue weighted by molar-refractivity contribution is -0.117. The summed E-state index contributed by atoms with van der Waals surface area (Å²) < 4.78 is 41.0. The molecule has 0 bridgehead atoms. The van der Waals surface area contributed by atoms with Gasteiger partial charge in [-0.2, -0.15) is 5.10 Å². The van der Waals surface area contributed by atoms with Crippen LogP contribution in [0.5, 0.6) is 0 Å². The number of halogens is 4. The quantitative estimate of drug-likeness (QED) is 0.390. The molecule has 1 aliphatic rings. The third kappa shape index (κ3) is 4.00. The van der Waals surface area contributed by atoms with Crippen LogP contribution in [0.2, 0.25) is 0 Å². The fraction of sp³-hybridized carbons (Fsp3) is 0.250. The largest absolute Gasteiger partial charge is 0.302 e. The summed E-state index contributed by atoms with van der Waals surface area (Å²) in [5, 5.41) is 10.5. The van der Waals surface area contributed by atoms with Gasteiger partial charge in [0.2, 0.25) is 5.91 Å². The molecule has 1 unspecified atom stereocenters.